The Labute approximate surface area is 206 Å². The van der Waals surface area contributed by atoms with E-state index in [-0.39, 0.29) is 36.0 Å². The Kier molecular flexibility index (Phi) is 6.93. The summed E-state index contributed by atoms with van der Waals surface area (Å²) in [6.45, 7) is 6.08. The van der Waals surface area contributed by atoms with Crippen LogP contribution in [-0.4, -0.2) is 30.4 Å². The zero-order valence-electron chi connectivity index (χ0n) is 19.4. The van der Waals surface area contributed by atoms with Crippen molar-refractivity contribution < 1.29 is 29.1 Å². The molecule has 3 unspecified atom stereocenters. The van der Waals surface area contributed by atoms with Crippen molar-refractivity contribution in [2.24, 2.45) is 5.92 Å². The number of benzene rings is 1. The van der Waals surface area contributed by atoms with Crippen LogP contribution in [0.15, 0.2) is 53.2 Å². The van der Waals surface area contributed by atoms with E-state index in [0.29, 0.717) is 29.8 Å². The fourth-order valence-electron chi connectivity index (χ4n) is 4.78. The lowest BCUT2D eigenvalue weighted by atomic mass is 9.69. The summed E-state index contributed by atoms with van der Waals surface area (Å²) in [5.41, 5.74) is 0.888. The Morgan fingerprint density at radius 3 is 2.74 bits per heavy atom. The maximum atomic E-state index is 13.5. The van der Waals surface area contributed by atoms with Gasteiger partial charge in [-0.2, -0.15) is 0 Å². The van der Waals surface area contributed by atoms with E-state index in [0.717, 1.165) is 10.9 Å². The molecule has 1 N–H and O–H groups in total. The molecule has 1 aliphatic carbocycles. The molecule has 9 nitrogen and oxygen atoms in total. The number of nitrogens with one attached hydrogen (secondary N) is 1. The number of ketones is 1. The number of Topliss-reactive ketones (excluding diaryl/α,β-unsaturated/α-hetero) is 1. The first-order valence-electron chi connectivity index (χ1n) is 11.2. The van der Waals surface area contributed by atoms with Crippen molar-refractivity contribution in [1.82, 2.24) is 5.32 Å². The summed E-state index contributed by atoms with van der Waals surface area (Å²) in [7, 11) is 1.24. The first-order valence-corrected chi connectivity index (χ1v) is 12.1. The number of nitro benzene ring substituents is 1. The number of hydrogen-bond donors (Lipinski definition) is 1. The minimum atomic E-state index is -1.01. The van der Waals surface area contributed by atoms with E-state index in [1.165, 1.54) is 13.2 Å². The molecule has 0 fully saturated rings. The second-order valence-corrected chi connectivity index (χ2v) is 9.52. The lowest BCUT2D eigenvalue weighted by molar-refractivity contribution is -0.398. The van der Waals surface area contributed by atoms with Crippen LogP contribution in [0.25, 0.3) is 0 Å². The van der Waals surface area contributed by atoms with Gasteiger partial charge in [0.1, 0.15) is 11.7 Å². The van der Waals surface area contributed by atoms with E-state index in [4.69, 9.17) is 9.47 Å². The fourth-order valence-corrected chi connectivity index (χ4v) is 5.61. The second kappa shape index (κ2) is 9.91. The van der Waals surface area contributed by atoms with Gasteiger partial charge in [0.25, 0.3) is 5.69 Å². The number of thiophene rings is 1. The fraction of sp³-hybridized carbons (Fsp3) is 0.360. The molecule has 3 atom stereocenters. The summed E-state index contributed by atoms with van der Waals surface area (Å²) in [6.07, 6.45) is 1.36. The van der Waals surface area contributed by atoms with Crippen molar-refractivity contribution in [3.05, 3.63) is 73.7 Å². The molecule has 1 aromatic heterocycles. The normalized spacial score (nSPS) is 21.8. The Bertz CT molecular complexity index is 1220. The molecule has 1 aromatic carbocycles. The number of nitrogens with zero attached hydrogens (tertiary/aromatic N) is 1. The van der Waals surface area contributed by atoms with Crippen LogP contribution in [0, 0.1) is 16.0 Å². The highest BCUT2D eigenvalue weighted by Gasteiger charge is 2.46. The molecular formula is C25H25N2O7S-. The number of ether oxygens (including phenoxy) is 2. The molecule has 2 aliphatic rings. The maximum absolute atomic E-state index is 13.5. The summed E-state index contributed by atoms with van der Waals surface area (Å²) >= 11 is 1.57. The number of rotatable bonds is 7. The van der Waals surface area contributed by atoms with Crippen LogP contribution in [0.4, 0.5) is 5.69 Å². The van der Waals surface area contributed by atoms with Crippen molar-refractivity contribution >= 4 is 28.8 Å². The van der Waals surface area contributed by atoms with Gasteiger partial charge in [-0.15, -0.1) is 11.3 Å². The van der Waals surface area contributed by atoms with Crippen molar-refractivity contribution in [2.45, 2.75) is 38.0 Å². The Morgan fingerprint density at radius 2 is 2.11 bits per heavy atom. The average molecular weight is 498 g/mol. The number of methoxy groups -OCH3 is 1. The molecule has 0 saturated carbocycles. The summed E-state index contributed by atoms with van der Waals surface area (Å²) < 4.78 is 10.5. The first kappa shape index (κ1) is 24.5. The van der Waals surface area contributed by atoms with E-state index in [1.54, 1.807) is 11.3 Å². The zero-order chi connectivity index (χ0) is 25.3. The van der Waals surface area contributed by atoms with Crippen LogP contribution in [0.2, 0.25) is 0 Å². The molecule has 0 radical (unpaired) electrons. The van der Waals surface area contributed by atoms with Crippen molar-refractivity contribution in [3.63, 3.8) is 0 Å². The molecule has 0 spiro atoms. The monoisotopic (exact) mass is 497 g/mol. The van der Waals surface area contributed by atoms with Crippen molar-refractivity contribution in [2.75, 3.05) is 13.7 Å². The van der Waals surface area contributed by atoms with Gasteiger partial charge in [0.2, 0.25) is 0 Å². The van der Waals surface area contributed by atoms with E-state index < -0.39 is 34.2 Å². The number of carbonyl (C=O) groups excluding carboxylic acids is 2. The minimum absolute atomic E-state index is 0.0290. The number of esters is 1. The molecule has 0 bridgehead atoms. The van der Waals surface area contributed by atoms with Crippen LogP contribution >= 0.6 is 11.3 Å². The molecule has 2 aromatic rings. The van der Waals surface area contributed by atoms with Gasteiger partial charge in [-0.25, -0.2) is 0 Å². The maximum Gasteiger partial charge on any atom is 0.315 e. The Hall–Kier alpha value is -3.66. The lowest BCUT2D eigenvalue weighted by Gasteiger charge is -2.40. The topological polar surface area (TPSA) is 131 Å². The molecule has 184 valence electrons. The van der Waals surface area contributed by atoms with E-state index in [1.807, 2.05) is 24.4 Å². The predicted octanol–water partition coefficient (Wildman–Crippen LogP) is 3.91. The van der Waals surface area contributed by atoms with Gasteiger partial charge in [0.15, 0.2) is 5.78 Å². The van der Waals surface area contributed by atoms with Crippen LogP contribution in [0.5, 0.6) is 11.5 Å². The quantitative estimate of drug-likeness (QED) is 0.346. The van der Waals surface area contributed by atoms with Crippen LogP contribution in [-0.2, 0) is 14.3 Å². The number of carbonyl (C=O) groups is 2. The van der Waals surface area contributed by atoms with Crippen LogP contribution in [0.1, 0.15) is 48.5 Å². The molecule has 35 heavy (non-hydrogen) atoms. The summed E-state index contributed by atoms with van der Waals surface area (Å²) in [4.78, 5) is 38.6. The lowest BCUT2D eigenvalue weighted by Crippen LogP contribution is -2.42. The highest BCUT2D eigenvalue weighted by molar-refractivity contribution is 7.10. The van der Waals surface area contributed by atoms with E-state index in [2.05, 4.69) is 11.9 Å². The number of hydrogen-bond acceptors (Lipinski definition) is 9. The van der Waals surface area contributed by atoms with Gasteiger partial charge >= 0.3 is 5.97 Å². The third-order valence-corrected chi connectivity index (χ3v) is 7.36. The van der Waals surface area contributed by atoms with Gasteiger partial charge in [-0.3, -0.25) is 19.7 Å². The number of nitro groups is 1. The van der Waals surface area contributed by atoms with Crippen LogP contribution in [0.3, 0.4) is 0 Å². The van der Waals surface area contributed by atoms with E-state index >= 15 is 0 Å². The van der Waals surface area contributed by atoms with Crippen molar-refractivity contribution in [3.8, 4) is 11.5 Å². The largest absolute Gasteiger partial charge is 0.865 e. The van der Waals surface area contributed by atoms with Gasteiger partial charge in [0, 0.05) is 51.9 Å². The summed E-state index contributed by atoms with van der Waals surface area (Å²) in [5.74, 6) is -3.82. The highest BCUT2D eigenvalue weighted by Crippen LogP contribution is 2.49. The second-order valence-electron chi connectivity index (χ2n) is 8.54. The van der Waals surface area contributed by atoms with E-state index in [9.17, 15) is 24.8 Å². The smallest absolute Gasteiger partial charge is 0.315 e. The predicted molar refractivity (Wildman–Crippen MR) is 127 cm³/mol. The molecule has 0 saturated heterocycles. The molecule has 4 rings (SSSR count). The molecule has 0 amide bonds. The van der Waals surface area contributed by atoms with Gasteiger partial charge in [-0.05, 0) is 35.9 Å². The molecule has 1 aliphatic heterocycles. The number of allylic oxidation sites excluding steroid dienone is 2. The zero-order valence-corrected chi connectivity index (χ0v) is 20.2. The van der Waals surface area contributed by atoms with Crippen LogP contribution < -0.4 is 15.2 Å². The molecule has 2 heterocycles. The summed E-state index contributed by atoms with van der Waals surface area (Å²) in [5, 5.41) is 29.2. The van der Waals surface area contributed by atoms with Gasteiger partial charge < -0.3 is 19.9 Å². The SMILES string of the molecule is C=C1NC2=C(C(=O)CC(c3cccs3)C2)C(c2cc(OC)c([O-])c([N+](=O)[O-])c2)C1C(=O)OCCC. The third-order valence-electron chi connectivity index (χ3n) is 6.32. The molecular weight excluding hydrogens is 472 g/mol. The molecule has 10 heteroatoms. The Balaban J connectivity index is 1.88. The standard InChI is InChI=1S/C25H26N2O7S/c1-4-7-34-25(30)21-13(2)26-16-9-14(20-6-5-8-35-20)11-18(28)23(16)22(21)15-10-17(27(31)32)24(29)19(12-15)33-3/h5-6,8,10,12,14,21-22,26,29H,2,4,7,9,11H2,1,3H3/p-1. The van der Waals surface area contributed by atoms with Gasteiger partial charge in [0.05, 0.1) is 18.6 Å². The first-order chi connectivity index (χ1) is 16.8. The summed E-state index contributed by atoms with van der Waals surface area (Å²) in [6, 6.07) is 6.40. The van der Waals surface area contributed by atoms with Crippen molar-refractivity contribution in [1.29, 1.82) is 0 Å². The van der Waals surface area contributed by atoms with Gasteiger partial charge in [-0.1, -0.05) is 19.6 Å². The average Bonchev–Trinajstić information content (AvgIpc) is 3.36. The Morgan fingerprint density at radius 1 is 1.34 bits per heavy atom. The third kappa shape index (κ3) is 4.53. The highest BCUT2D eigenvalue weighted by atomic mass is 32.1. The minimum Gasteiger partial charge on any atom is -0.865 e.